The molecular weight excluding hydrogens is 294 g/mol. The molecule has 1 aliphatic heterocycles. The first-order valence-electron chi connectivity index (χ1n) is 7.49. The van der Waals surface area contributed by atoms with Gasteiger partial charge in [0.15, 0.2) is 11.5 Å². The maximum atomic E-state index is 12.2. The molecule has 0 bridgehead atoms. The summed E-state index contributed by atoms with van der Waals surface area (Å²) < 4.78 is 5.63. The maximum absolute atomic E-state index is 12.2. The van der Waals surface area contributed by atoms with Gasteiger partial charge in [0.1, 0.15) is 6.61 Å². The van der Waals surface area contributed by atoms with Gasteiger partial charge in [-0.15, -0.1) is 0 Å². The number of rotatable bonds is 2. The summed E-state index contributed by atoms with van der Waals surface area (Å²) in [5, 5.41) is 10.3. The van der Waals surface area contributed by atoms with Crippen LogP contribution in [0, 0.1) is 0 Å². The molecule has 2 aromatic rings. The highest BCUT2D eigenvalue weighted by Gasteiger charge is 2.24. The first kappa shape index (κ1) is 15.3. The highest BCUT2D eigenvalue weighted by atomic mass is 16.5. The number of hydrogen-bond donors (Lipinski definition) is 2. The van der Waals surface area contributed by atoms with Gasteiger partial charge in [0.05, 0.1) is 12.6 Å². The fraction of sp³-hybridized carbons (Fsp3) is 0.294. The number of aromatic nitrogens is 1. The molecule has 6 heteroatoms. The van der Waals surface area contributed by atoms with Crippen molar-refractivity contribution in [1.82, 2.24) is 9.88 Å². The van der Waals surface area contributed by atoms with Crippen molar-refractivity contribution >= 4 is 5.91 Å². The Bertz CT molecular complexity index is 717. The van der Waals surface area contributed by atoms with E-state index in [4.69, 9.17) is 10.5 Å². The van der Waals surface area contributed by atoms with Crippen molar-refractivity contribution < 1.29 is 14.6 Å². The summed E-state index contributed by atoms with van der Waals surface area (Å²) in [7, 11) is 0. The van der Waals surface area contributed by atoms with Gasteiger partial charge >= 0.3 is 0 Å². The number of nitrogens with zero attached hydrogens (tertiary/aromatic N) is 2. The third kappa shape index (κ3) is 3.12. The van der Waals surface area contributed by atoms with E-state index in [0.29, 0.717) is 25.4 Å². The predicted molar refractivity (Wildman–Crippen MR) is 85.9 cm³/mol. The second-order valence-electron chi connectivity index (χ2n) is 5.62. The lowest BCUT2D eigenvalue weighted by atomic mass is 10.0. The predicted octanol–water partition coefficient (Wildman–Crippen LogP) is 1.52. The normalized spacial score (nSPS) is 15.3. The van der Waals surface area contributed by atoms with Gasteiger partial charge in [0.2, 0.25) is 5.91 Å². The fourth-order valence-electron chi connectivity index (χ4n) is 2.68. The molecule has 0 saturated carbocycles. The van der Waals surface area contributed by atoms with Crippen LogP contribution in [0.1, 0.15) is 12.5 Å². The van der Waals surface area contributed by atoms with E-state index in [-0.39, 0.29) is 11.7 Å². The molecule has 0 unspecified atom stereocenters. The molecule has 120 valence electrons. The van der Waals surface area contributed by atoms with Crippen molar-refractivity contribution in [3.63, 3.8) is 0 Å². The number of phenols is 1. The lowest BCUT2D eigenvalue weighted by Gasteiger charge is -2.22. The van der Waals surface area contributed by atoms with Crippen molar-refractivity contribution in [1.29, 1.82) is 0 Å². The van der Waals surface area contributed by atoms with E-state index in [1.165, 1.54) is 0 Å². The number of carbonyl (C=O) groups excluding carboxylic acids is 1. The molecule has 0 aliphatic carbocycles. The van der Waals surface area contributed by atoms with Crippen molar-refractivity contribution in [2.24, 2.45) is 5.73 Å². The zero-order valence-electron chi connectivity index (χ0n) is 12.9. The number of fused-ring (bicyclic) bond motifs is 1. The molecule has 1 atom stereocenters. The van der Waals surface area contributed by atoms with E-state index >= 15 is 0 Å². The molecule has 0 spiro atoms. The van der Waals surface area contributed by atoms with Crippen LogP contribution in [-0.4, -0.2) is 40.1 Å². The number of hydrogen-bond acceptors (Lipinski definition) is 5. The average Bonchev–Trinajstić information content (AvgIpc) is 2.77. The Morgan fingerprint density at radius 2 is 2.26 bits per heavy atom. The van der Waals surface area contributed by atoms with Crippen LogP contribution in [0.15, 0.2) is 36.7 Å². The first-order valence-corrected chi connectivity index (χ1v) is 7.49. The van der Waals surface area contributed by atoms with Gasteiger partial charge in [-0.3, -0.25) is 9.78 Å². The van der Waals surface area contributed by atoms with E-state index in [1.807, 2.05) is 18.2 Å². The SMILES string of the molecule is C[C@H](N)C(=O)N1CCOc2c(O)cc(-c3cccnc3)cc2C1. The summed E-state index contributed by atoms with van der Waals surface area (Å²) >= 11 is 0. The van der Waals surface area contributed by atoms with Crippen molar-refractivity contribution in [3.8, 4) is 22.6 Å². The molecule has 3 rings (SSSR count). The topological polar surface area (TPSA) is 88.7 Å². The molecule has 23 heavy (non-hydrogen) atoms. The summed E-state index contributed by atoms with van der Waals surface area (Å²) in [6, 6.07) is 6.75. The van der Waals surface area contributed by atoms with E-state index in [9.17, 15) is 9.90 Å². The van der Waals surface area contributed by atoms with Crippen LogP contribution >= 0.6 is 0 Å². The van der Waals surface area contributed by atoms with E-state index in [1.54, 1.807) is 30.3 Å². The molecule has 0 fully saturated rings. The van der Waals surface area contributed by atoms with Crippen LogP contribution in [0.2, 0.25) is 0 Å². The standard InChI is InChI=1S/C17H19N3O3/c1-11(18)17(22)20-5-6-23-16-14(10-20)7-13(8-15(16)21)12-3-2-4-19-9-12/h2-4,7-9,11,21H,5-6,10,18H2,1H3/t11-/m0/s1. The number of aromatic hydroxyl groups is 1. The Morgan fingerprint density at radius 1 is 1.43 bits per heavy atom. The monoisotopic (exact) mass is 313 g/mol. The van der Waals surface area contributed by atoms with Gasteiger partial charge in [-0.2, -0.15) is 0 Å². The minimum Gasteiger partial charge on any atom is -0.504 e. The van der Waals surface area contributed by atoms with Crippen LogP contribution in [0.4, 0.5) is 0 Å². The van der Waals surface area contributed by atoms with E-state index in [0.717, 1.165) is 16.7 Å². The minimum atomic E-state index is -0.563. The molecular formula is C17H19N3O3. The Labute approximate surface area is 134 Å². The molecule has 3 N–H and O–H groups in total. The van der Waals surface area contributed by atoms with E-state index < -0.39 is 6.04 Å². The molecule has 6 nitrogen and oxygen atoms in total. The Morgan fingerprint density at radius 3 is 2.96 bits per heavy atom. The molecule has 1 aromatic carbocycles. The van der Waals surface area contributed by atoms with Gasteiger partial charge in [-0.05, 0) is 30.7 Å². The Kier molecular flexibility index (Phi) is 4.16. The molecule has 1 aromatic heterocycles. The minimum absolute atomic E-state index is 0.0662. The van der Waals surface area contributed by atoms with Crippen LogP contribution in [0.3, 0.4) is 0 Å². The Hall–Kier alpha value is -2.60. The van der Waals surface area contributed by atoms with Crippen molar-refractivity contribution in [2.45, 2.75) is 19.5 Å². The molecule has 1 amide bonds. The summed E-state index contributed by atoms with van der Waals surface area (Å²) in [5.74, 6) is 0.363. The second-order valence-corrected chi connectivity index (χ2v) is 5.62. The fourth-order valence-corrected chi connectivity index (χ4v) is 2.68. The van der Waals surface area contributed by atoms with Crippen LogP contribution in [0.25, 0.3) is 11.1 Å². The summed E-state index contributed by atoms with van der Waals surface area (Å²) in [4.78, 5) is 17.9. The molecule has 0 radical (unpaired) electrons. The van der Waals surface area contributed by atoms with Crippen molar-refractivity contribution in [3.05, 3.63) is 42.2 Å². The third-order valence-electron chi connectivity index (χ3n) is 3.81. The molecule has 0 saturated heterocycles. The Balaban J connectivity index is 1.99. The quantitative estimate of drug-likeness (QED) is 0.877. The van der Waals surface area contributed by atoms with Crippen LogP contribution in [-0.2, 0) is 11.3 Å². The number of nitrogens with two attached hydrogens (primary N) is 1. The molecule has 2 heterocycles. The van der Waals surface area contributed by atoms with E-state index in [2.05, 4.69) is 4.98 Å². The van der Waals surface area contributed by atoms with Gasteiger partial charge in [-0.1, -0.05) is 6.07 Å². The van der Waals surface area contributed by atoms with Gasteiger partial charge in [0, 0.05) is 30.1 Å². The lowest BCUT2D eigenvalue weighted by Crippen LogP contribution is -2.42. The number of amides is 1. The summed E-state index contributed by atoms with van der Waals surface area (Å²) in [6.07, 6.45) is 3.42. The first-order chi connectivity index (χ1) is 11.1. The number of phenolic OH excluding ortho intramolecular Hbond substituents is 1. The van der Waals surface area contributed by atoms with Gasteiger partial charge < -0.3 is 20.5 Å². The largest absolute Gasteiger partial charge is 0.504 e. The molecule has 1 aliphatic rings. The number of pyridine rings is 1. The number of benzene rings is 1. The van der Waals surface area contributed by atoms with Gasteiger partial charge in [-0.25, -0.2) is 0 Å². The van der Waals surface area contributed by atoms with Crippen LogP contribution < -0.4 is 10.5 Å². The highest BCUT2D eigenvalue weighted by molar-refractivity contribution is 5.81. The number of ether oxygens (including phenoxy) is 1. The average molecular weight is 313 g/mol. The van der Waals surface area contributed by atoms with Crippen molar-refractivity contribution in [2.75, 3.05) is 13.2 Å². The lowest BCUT2D eigenvalue weighted by molar-refractivity contribution is -0.132. The zero-order valence-corrected chi connectivity index (χ0v) is 12.9. The summed E-state index contributed by atoms with van der Waals surface area (Å²) in [6.45, 7) is 2.79. The summed E-state index contributed by atoms with van der Waals surface area (Å²) in [5.41, 5.74) is 8.17. The van der Waals surface area contributed by atoms with Gasteiger partial charge in [0.25, 0.3) is 0 Å². The zero-order chi connectivity index (χ0) is 16.4. The third-order valence-corrected chi connectivity index (χ3v) is 3.81. The second kappa shape index (κ2) is 6.26. The smallest absolute Gasteiger partial charge is 0.239 e. The van der Waals surface area contributed by atoms with Crippen LogP contribution in [0.5, 0.6) is 11.5 Å². The highest BCUT2D eigenvalue weighted by Crippen LogP contribution is 2.37. The maximum Gasteiger partial charge on any atom is 0.239 e. The number of carbonyl (C=O) groups is 1.